The number of nitrogen functional groups attached to an aromatic ring is 2. The molecule has 1 atom stereocenters. The molecule has 0 bridgehead atoms. The summed E-state index contributed by atoms with van der Waals surface area (Å²) in [5.74, 6) is 0. The smallest absolute Gasteiger partial charge is 0.239 e. The van der Waals surface area contributed by atoms with E-state index in [-0.39, 0.29) is 6.04 Å². The number of hydrogen-bond acceptors (Lipinski definition) is 7. The zero-order chi connectivity index (χ0) is 38.8. The second-order valence-corrected chi connectivity index (χ2v) is 15.4. The van der Waals surface area contributed by atoms with Crippen LogP contribution in [0, 0.1) is 20.8 Å². The van der Waals surface area contributed by atoms with Crippen molar-refractivity contribution in [1.82, 2.24) is 10.3 Å². The number of nitrogens with two attached hydrogens (primary N) is 2. The molecule has 1 unspecified atom stereocenters. The van der Waals surface area contributed by atoms with Crippen LogP contribution < -0.4 is 31.6 Å². The number of nitrogens with zero attached hydrogens (tertiary/aromatic N) is 4. The van der Waals surface area contributed by atoms with E-state index in [0.29, 0.717) is 0 Å². The number of aliphatic imine (C=N–C) groups is 1. The van der Waals surface area contributed by atoms with Crippen LogP contribution in [-0.2, 0) is 0 Å². The summed E-state index contributed by atoms with van der Waals surface area (Å²) in [6.45, 7) is 10.3. The van der Waals surface area contributed by atoms with E-state index in [0.717, 1.165) is 105 Å². The molecular formula is C48H53N8+. The first-order valence-corrected chi connectivity index (χ1v) is 20.1. The van der Waals surface area contributed by atoms with Gasteiger partial charge in [-0.05, 0) is 111 Å². The number of para-hydroxylation sites is 2. The van der Waals surface area contributed by atoms with Crippen LogP contribution in [0.25, 0.3) is 27.8 Å². The molecule has 6 N–H and O–H groups in total. The Morgan fingerprint density at radius 3 is 2.00 bits per heavy atom. The van der Waals surface area contributed by atoms with Crippen LogP contribution in [0.15, 0.2) is 125 Å². The minimum Gasteiger partial charge on any atom is -0.398 e. The minimum atomic E-state index is -0.00451. The molecule has 2 heterocycles. The average Bonchev–Trinajstić information content (AvgIpc) is 3.19. The molecule has 8 rings (SSSR count). The molecule has 0 saturated heterocycles. The van der Waals surface area contributed by atoms with E-state index in [4.69, 9.17) is 21.4 Å². The third-order valence-corrected chi connectivity index (χ3v) is 11.3. The number of nitrogens with one attached hydrogen (secondary N) is 2. The number of allylic oxidation sites excluding steroid dienone is 1. The van der Waals surface area contributed by atoms with Gasteiger partial charge in [0.15, 0.2) is 0 Å². The Morgan fingerprint density at radius 1 is 0.661 bits per heavy atom. The van der Waals surface area contributed by atoms with Crippen molar-refractivity contribution in [3.05, 3.63) is 137 Å². The zero-order valence-electron chi connectivity index (χ0n) is 33.1. The highest BCUT2D eigenvalue weighted by Gasteiger charge is 2.32. The number of fused-ring (bicyclic) bond motifs is 4. The van der Waals surface area contributed by atoms with Gasteiger partial charge in [-0.25, -0.2) is 9.98 Å². The SMILES string of the molecule is CC1=CC2=Nc3cc(C)c(N)cc3N(c3ccccc3)C2C=C1NCCCCCCCCNc1cc2c(cc1C)nc1cc(C)c(N)cc1[n+]2-c1ccccc1. The van der Waals surface area contributed by atoms with Crippen LogP contribution in [0.4, 0.5) is 34.1 Å². The van der Waals surface area contributed by atoms with Crippen molar-refractivity contribution in [2.75, 3.05) is 34.8 Å². The molecule has 8 nitrogen and oxygen atoms in total. The Bertz CT molecular complexity index is 2500. The van der Waals surface area contributed by atoms with Crippen LogP contribution >= 0.6 is 0 Å². The fourth-order valence-corrected chi connectivity index (χ4v) is 8.04. The number of benzene rings is 5. The number of aryl methyl sites for hydroxylation is 3. The molecule has 0 fully saturated rings. The molecule has 8 heteroatoms. The summed E-state index contributed by atoms with van der Waals surface area (Å²) in [6, 6.07) is 33.8. The summed E-state index contributed by atoms with van der Waals surface area (Å²) < 4.78 is 2.28. The largest absolute Gasteiger partial charge is 0.398 e. The number of unbranched alkanes of at least 4 members (excludes halogenated alkanes) is 5. The highest BCUT2D eigenvalue weighted by Crippen LogP contribution is 2.44. The van der Waals surface area contributed by atoms with Crippen LogP contribution in [0.2, 0.25) is 0 Å². The summed E-state index contributed by atoms with van der Waals surface area (Å²) >= 11 is 0. The van der Waals surface area contributed by atoms with Crippen molar-refractivity contribution in [1.29, 1.82) is 0 Å². The van der Waals surface area contributed by atoms with Crippen LogP contribution in [0.5, 0.6) is 0 Å². The third kappa shape index (κ3) is 7.44. The molecule has 1 aliphatic carbocycles. The molecular weight excluding hydrogens is 689 g/mol. The number of hydrogen-bond donors (Lipinski definition) is 4. The maximum absolute atomic E-state index is 6.41. The van der Waals surface area contributed by atoms with E-state index in [2.05, 4.69) is 137 Å². The minimum absolute atomic E-state index is 0.00451. The van der Waals surface area contributed by atoms with Gasteiger partial charge in [-0.3, -0.25) is 0 Å². The Balaban J connectivity index is 0.842. The highest BCUT2D eigenvalue weighted by atomic mass is 15.2. The van der Waals surface area contributed by atoms with E-state index in [1.165, 1.54) is 42.5 Å². The second-order valence-electron chi connectivity index (χ2n) is 15.4. The van der Waals surface area contributed by atoms with Crippen molar-refractivity contribution >= 4 is 61.9 Å². The standard InChI is InChI=1S/C48H52N8/c1-31-23-41-45(27-37(31)49)55(35-17-11-9-12-18-35)47-29-39(33(3)25-43(47)53-41)51-21-15-7-5-6-8-16-22-52-40-30-48-44(26-34(40)4)54-42-24-32(2)38(50)28-46(42)56(48)36-19-13-10-14-20-36/h9-14,17-20,23-30,47,51H,5-8,15-16,21-22,49H2,1-4H3,(H2,50,52)/p+1. The topological polar surface area (TPSA) is 108 Å². The molecule has 56 heavy (non-hydrogen) atoms. The van der Waals surface area contributed by atoms with Gasteiger partial charge in [-0.15, -0.1) is 4.57 Å². The van der Waals surface area contributed by atoms with Gasteiger partial charge in [0.1, 0.15) is 11.0 Å². The molecule has 0 radical (unpaired) electrons. The first-order valence-electron chi connectivity index (χ1n) is 20.1. The predicted octanol–water partition coefficient (Wildman–Crippen LogP) is 10.2. The number of anilines is 5. The lowest BCUT2D eigenvalue weighted by Crippen LogP contribution is -2.41. The Kier molecular flexibility index (Phi) is 10.5. The van der Waals surface area contributed by atoms with Crippen LogP contribution in [-0.4, -0.2) is 29.8 Å². The fraction of sp³-hybridized carbons (Fsp3) is 0.271. The van der Waals surface area contributed by atoms with E-state index in [1.54, 1.807) is 0 Å². The Morgan fingerprint density at radius 2 is 1.27 bits per heavy atom. The monoisotopic (exact) mass is 741 g/mol. The van der Waals surface area contributed by atoms with Crippen molar-refractivity contribution in [3.63, 3.8) is 0 Å². The molecule has 0 saturated carbocycles. The van der Waals surface area contributed by atoms with E-state index in [1.807, 2.05) is 19.9 Å². The molecule has 1 aliphatic heterocycles. The van der Waals surface area contributed by atoms with Crippen LogP contribution in [0.1, 0.15) is 62.1 Å². The summed E-state index contributed by atoms with van der Waals surface area (Å²) in [4.78, 5) is 12.5. The predicted molar refractivity (Wildman–Crippen MR) is 236 cm³/mol. The van der Waals surface area contributed by atoms with Gasteiger partial charge in [0.05, 0.1) is 23.1 Å². The quantitative estimate of drug-likeness (QED) is 0.0406. The molecule has 0 spiro atoms. The van der Waals surface area contributed by atoms with Gasteiger partial charge in [0.25, 0.3) is 0 Å². The van der Waals surface area contributed by atoms with E-state index >= 15 is 0 Å². The van der Waals surface area contributed by atoms with Gasteiger partial charge >= 0.3 is 0 Å². The van der Waals surface area contributed by atoms with E-state index in [9.17, 15) is 0 Å². The van der Waals surface area contributed by atoms with Gasteiger partial charge in [0.2, 0.25) is 16.7 Å². The Labute approximate surface area is 330 Å². The molecule has 1 aromatic heterocycles. The fourth-order valence-electron chi connectivity index (χ4n) is 8.04. The summed E-state index contributed by atoms with van der Waals surface area (Å²) in [6.07, 6.45) is 11.7. The van der Waals surface area contributed by atoms with Gasteiger partial charge in [0, 0.05) is 65.8 Å². The molecule has 6 aromatic rings. The van der Waals surface area contributed by atoms with Gasteiger partial charge in [-0.1, -0.05) is 62.1 Å². The maximum atomic E-state index is 6.41. The zero-order valence-corrected chi connectivity index (χ0v) is 33.1. The summed E-state index contributed by atoms with van der Waals surface area (Å²) in [5, 5.41) is 7.50. The lowest BCUT2D eigenvalue weighted by molar-refractivity contribution is -0.538. The van der Waals surface area contributed by atoms with Gasteiger partial charge in [-0.2, -0.15) is 0 Å². The van der Waals surface area contributed by atoms with Crippen LogP contribution in [0.3, 0.4) is 0 Å². The molecule has 5 aromatic carbocycles. The lowest BCUT2D eigenvalue weighted by atomic mass is 9.93. The highest BCUT2D eigenvalue weighted by molar-refractivity contribution is 6.10. The second kappa shape index (κ2) is 15.9. The van der Waals surface area contributed by atoms with Crippen molar-refractivity contribution < 1.29 is 4.57 Å². The van der Waals surface area contributed by atoms with E-state index < -0.39 is 0 Å². The average molecular weight is 742 g/mol. The molecule has 0 amide bonds. The van der Waals surface area contributed by atoms with Gasteiger partial charge < -0.3 is 27.0 Å². The summed E-state index contributed by atoms with van der Waals surface area (Å²) in [7, 11) is 0. The lowest BCUT2D eigenvalue weighted by Gasteiger charge is -2.39. The number of rotatable bonds is 13. The Hall–Kier alpha value is -6.15. The normalized spacial score (nSPS) is 14.9. The van der Waals surface area contributed by atoms with Crippen molar-refractivity contribution in [2.45, 2.75) is 72.3 Å². The molecule has 2 aliphatic rings. The third-order valence-electron chi connectivity index (χ3n) is 11.3. The molecule has 284 valence electrons. The maximum Gasteiger partial charge on any atom is 0.239 e. The first kappa shape index (κ1) is 36.8. The van der Waals surface area contributed by atoms with Crippen molar-refractivity contribution in [2.24, 2.45) is 4.99 Å². The van der Waals surface area contributed by atoms with Crippen molar-refractivity contribution in [3.8, 4) is 5.69 Å². The summed E-state index contributed by atoms with van der Waals surface area (Å²) in [5.41, 5.74) is 30.5. The number of aromatic nitrogens is 2. The first-order chi connectivity index (χ1) is 27.2.